The summed E-state index contributed by atoms with van der Waals surface area (Å²) < 4.78 is 61.7. The van der Waals surface area contributed by atoms with Gasteiger partial charge < -0.3 is 19.9 Å². The number of amides is 1. The topological polar surface area (TPSA) is 117 Å². The first kappa shape index (κ1) is 29.7. The predicted molar refractivity (Wildman–Crippen MR) is 166 cm³/mol. The largest absolute Gasteiger partial charge is 0.475 e. The van der Waals surface area contributed by atoms with E-state index < -0.39 is 21.3 Å². The molecule has 13 heteroatoms. The summed E-state index contributed by atoms with van der Waals surface area (Å²) in [5.41, 5.74) is 2.22. The maximum atomic E-state index is 15.6. The fraction of sp³-hybridized carbons (Fsp3) is 0.323. The highest BCUT2D eigenvalue weighted by molar-refractivity contribution is 7.92. The number of nitrogens with zero attached hydrogens (tertiary/aromatic N) is 4. The summed E-state index contributed by atoms with van der Waals surface area (Å²) in [6.07, 6.45) is 4.02. The van der Waals surface area contributed by atoms with Crippen LogP contribution in [0.1, 0.15) is 19.4 Å². The summed E-state index contributed by atoms with van der Waals surface area (Å²) in [6, 6.07) is 10.8. The number of carbonyl (C=O) groups is 1. The zero-order chi connectivity index (χ0) is 31.4. The molecule has 2 N–H and O–H groups in total. The third kappa shape index (κ3) is 5.30. The van der Waals surface area contributed by atoms with E-state index in [1.807, 2.05) is 18.7 Å². The number of aromatic nitrogens is 2. The lowest BCUT2D eigenvalue weighted by Crippen LogP contribution is -2.64. The van der Waals surface area contributed by atoms with Gasteiger partial charge in [0.15, 0.2) is 0 Å². The van der Waals surface area contributed by atoms with Crippen LogP contribution in [0.4, 0.5) is 25.8 Å². The molecule has 230 valence electrons. The van der Waals surface area contributed by atoms with Crippen molar-refractivity contribution in [1.82, 2.24) is 15.3 Å². The first-order valence-corrected chi connectivity index (χ1v) is 16.0. The summed E-state index contributed by atoms with van der Waals surface area (Å²) in [5.74, 6) is -0.958. The summed E-state index contributed by atoms with van der Waals surface area (Å²) in [4.78, 5) is 26.0. The van der Waals surface area contributed by atoms with E-state index in [-0.39, 0.29) is 41.5 Å². The van der Waals surface area contributed by atoms with Gasteiger partial charge in [-0.2, -0.15) is 0 Å². The first-order valence-electron chi connectivity index (χ1n) is 14.1. The van der Waals surface area contributed by atoms with Gasteiger partial charge in [-0.05, 0) is 36.4 Å². The molecule has 0 bridgehead atoms. The van der Waals surface area contributed by atoms with Crippen LogP contribution in [0.3, 0.4) is 0 Å². The number of halogens is 2. The molecule has 2 aliphatic rings. The number of nitrogens with one attached hydrogen (secondary N) is 2. The quantitative estimate of drug-likeness (QED) is 0.269. The second-order valence-electron chi connectivity index (χ2n) is 11.6. The van der Waals surface area contributed by atoms with E-state index in [9.17, 15) is 17.6 Å². The van der Waals surface area contributed by atoms with E-state index in [1.165, 1.54) is 30.5 Å². The second kappa shape index (κ2) is 11.0. The number of benzene rings is 2. The number of anilines is 3. The lowest BCUT2D eigenvalue weighted by atomic mass is 9.73. The highest BCUT2D eigenvalue weighted by Crippen LogP contribution is 2.51. The zero-order valence-corrected chi connectivity index (χ0v) is 25.5. The van der Waals surface area contributed by atoms with Gasteiger partial charge in [0.25, 0.3) is 0 Å². The highest BCUT2D eigenvalue weighted by atomic mass is 32.2. The van der Waals surface area contributed by atoms with Gasteiger partial charge in [-0.1, -0.05) is 13.8 Å². The molecule has 0 saturated carbocycles. The molecule has 2 aliphatic heterocycles. The maximum Gasteiger partial charge on any atom is 0.241 e. The van der Waals surface area contributed by atoms with Crippen molar-refractivity contribution in [2.45, 2.75) is 25.3 Å². The fourth-order valence-electron chi connectivity index (χ4n) is 5.93. The van der Waals surface area contributed by atoms with Crippen LogP contribution >= 0.6 is 0 Å². The van der Waals surface area contributed by atoms with Crippen LogP contribution in [0.15, 0.2) is 54.9 Å². The predicted octanol–water partition coefficient (Wildman–Crippen LogP) is 4.06. The molecular weight excluding hydrogens is 590 g/mol. The van der Waals surface area contributed by atoms with Crippen LogP contribution in [0, 0.1) is 11.6 Å². The van der Waals surface area contributed by atoms with Gasteiger partial charge in [0.05, 0.1) is 23.7 Å². The van der Waals surface area contributed by atoms with Crippen LogP contribution in [0.5, 0.6) is 5.88 Å². The summed E-state index contributed by atoms with van der Waals surface area (Å²) in [6.45, 7) is 5.47. The molecule has 1 saturated heterocycles. The Labute approximate surface area is 254 Å². The molecule has 0 atom stereocenters. The summed E-state index contributed by atoms with van der Waals surface area (Å²) >= 11 is 0. The van der Waals surface area contributed by atoms with E-state index in [0.29, 0.717) is 41.8 Å². The van der Waals surface area contributed by atoms with Crippen LogP contribution in [-0.4, -0.2) is 69.9 Å². The number of likely N-dealkylation sites (N-methyl/N-ethyl adjacent to an activating group) is 1. The zero-order valence-electron chi connectivity index (χ0n) is 24.7. The standard InChI is InChI=1S/C31H32F2N6O4S/c1-18(2)34-9-10-43-29-26(37-44(4,41)42)11-19(14-36-29)22-12-23-25(13-24(22)33)35-15-27-28(23)31(30(40)38(27)3)16-39(17-31)21-7-5-20(32)6-8-21/h5-8,11-15,18,34,37H,9-10,16-17H2,1-4H3. The van der Waals surface area contributed by atoms with Crippen molar-refractivity contribution >= 4 is 43.9 Å². The van der Waals surface area contributed by atoms with Crippen LogP contribution in [0.25, 0.3) is 22.0 Å². The average Bonchev–Trinajstić information content (AvgIpc) is 3.17. The lowest BCUT2D eigenvalue weighted by Gasteiger charge is -2.48. The monoisotopic (exact) mass is 622 g/mol. The van der Waals surface area contributed by atoms with Gasteiger partial charge in [0.2, 0.25) is 21.8 Å². The Morgan fingerprint density at radius 2 is 1.80 bits per heavy atom. The van der Waals surface area contributed by atoms with E-state index >= 15 is 4.39 Å². The molecule has 2 aromatic carbocycles. The van der Waals surface area contributed by atoms with Gasteiger partial charge in [-0.25, -0.2) is 22.2 Å². The molecule has 1 fully saturated rings. The van der Waals surface area contributed by atoms with Crippen molar-refractivity contribution in [3.8, 4) is 17.0 Å². The summed E-state index contributed by atoms with van der Waals surface area (Å²) in [5, 5.41) is 3.81. The first-order chi connectivity index (χ1) is 20.9. The van der Waals surface area contributed by atoms with Gasteiger partial charge in [-0.15, -0.1) is 0 Å². The maximum absolute atomic E-state index is 15.6. The van der Waals surface area contributed by atoms with Gasteiger partial charge >= 0.3 is 0 Å². The molecule has 1 spiro atoms. The van der Waals surface area contributed by atoms with Gasteiger partial charge in [0, 0.05) is 72.8 Å². The second-order valence-corrected chi connectivity index (χ2v) is 13.3. The minimum atomic E-state index is -3.71. The fourth-order valence-corrected chi connectivity index (χ4v) is 6.48. The summed E-state index contributed by atoms with van der Waals surface area (Å²) in [7, 11) is -2.02. The molecule has 0 unspecified atom stereocenters. The molecule has 2 aromatic heterocycles. The Morgan fingerprint density at radius 3 is 2.48 bits per heavy atom. The molecule has 44 heavy (non-hydrogen) atoms. The minimum absolute atomic E-state index is 0.0648. The number of pyridine rings is 2. The van der Waals surface area contributed by atoms with Crippen LogP contribution in [-0.2, 0) is 20.2 Å². The number of ether oxygens (including phenoxy) is 1. The van der Waals surface area contributed by atoms with Crippen molar-refractivity contribution in [3.63, 3.8) is 0 Å². The van der Waals surface area contributed by atoms with Gasteiger partial charge in [0.1, 0.15) is 29.3 Å². The molecule has 0 radical (unpaired) electrons. The molecule has 0 aliphatic carbocycles. The minimum Gasteiger partial charge on any atom is -0.475 e. The van der Waals surface area contributed by atoms with Crippen molar-refractivity contribution in [2.75, 3.05) is 54.1 Å². The van der Waals surface area contributed by atoms with Crippen molar-refractivity contribution < 1.29 is 26.7 Å². The number of hydrogen-bond donors (Lipinski definition) is 2. The molecule has 1 amide bonds. The molecule has 10 nitrogen and oxygen atoms in total. The number of sulfonamides is 1. The number of fused-ring (bicyclic) bond motifs is 4. The number of rotatable bonds is 9. The lowest BCUT2D eigenvalue weighted by molar-refractivity contribution is -0.123. The third-order valence-corrected chi connectivity index (χ3v) is 8.55. The molecule has 4 heterocycles. The van der Waals surface area contributed by atoms with Crippen molar-refractivity contribution in [2.24, 2.45) is 0 Å². The normalized spacial score (nSPS) is 15.7. The van der Waals surface area contributed by atoms with Crippen LogP contribution < -0.4 is 24.6 Å². The van der Waals surface area contributed by atoms with E-state index in [0.717, 1.165) is 17.5 Å². The number of carbonyl (C=O) groups excluding carboxylic acids is 1. The van der Waals surface area contributed by atoms with Gasteiger partial charge in [-0.3, -0.25) is 14.5 Å². The Hall–Kier alpha value is -4.36. The molecule has 6 rings (SSSR count). The Balaban J connectivity index is 1.40. The van der Waals surface area contributed by atoms with Crippen LogP contribution in [0.2, 0.25) is 0 Å². The average molecular weight is 623 g/mol. The molecule has 4 aromatic rings. The van der Waals surface area contributed by atoms with E-state index in [4.69, 9.17) is 4.74 Å². The van der Waals surface area contributed by atoms with Crippen molar-refractivity contribution in [1.29, 1.82) is 0 Å². The number of hydrogen-bond acceptors (Lipinski definition) is 8. The highest BCUT2D eigenvalue weighted by Gasteiger charge is 2.58. The third-order valence-electron chi connectivity index (χ3n) is 7.95. The smallest absolute Gasteiger partial charge is 0.241 e. The Bertz CT molecular complexity index is 1880. The molecular formula is C31H32F2N6O4S. The SMILES string of the molecule is CC(C)NCCOc1ncc(-c2cc3c4c(cnc3cc2F)N(C)C(=O)C42CN(c3ccc(F)cc3)C2)cc1NS(C)(=O)=O. The Kier molecular flexibility index (Phi) is 7.41. The van der Waals surface area contributed by atoms with E-state index in [1.54, 1.807) is 36.3 Å². The van der Waals surface area contributed by atoms with E-state index in [2.05, 4.69) is 20.0 Å². The Morgan fingerprint density at radius 1 is 1.07 bits per heavy atom. The van der Waals surface area contributed by atoms with Crippen molar-refractivity contribution in [3.05, 3.63) is 72.1 Å².